The van der Waals surface area contributed by atoms with Crippen LogP contribution in [0.4, 0.5) is 0 Å². The summed E-state index contributed by atoms with van der Waals surface area (Å²) >= 11 is 0. The quantitative estimate of drug-likeness (QED) is 0.698. The first-order valence-electron chi connectivity index (χ1n) is 8.23. The lowest BCUT2D eigenvalue weighted by atomic mass is 10.1. The van der Waals surface area contributed by atoms with Gasteiger partial charge in [-0.2, -0.15) is 0 Å². The summed E-state index contributed by atoms with van der Waals surface area (Å²) in [7, 11) is 0. The van der Waals surface area contributed by atoms with Gasteiger partial charge in [-0.25, -0.2) is 0 Å². The summed E-state index contributed by atoms with van der Waals surface area (Å²) < 4.78 is 5.53. The first-order chi connectivity index (χ1) is 11.7. The lowest BCUT2D eigenvalue weighted by Crippen LogP contribution is -2.27. The number of aromatic amines is 1. The van der Waals surface area contributed by atoms with E-state index in [2.05, 4.69) is 41.5 Å². The predicted molar refractivity (Wildman–Crippen MR) is 96.3 cm³/mol. The fourth-order valence-corrected chi connectivity index (χ4v) is 2.70. The van der Waals surface area contributed by atoms with Crippen LogP contribution in [0, 0.1) is 6.92 Å². The monoisotopic (exact) mass is 322 g/mol. The smallest absolute Gasteiger partial charge is 0.223 e. The molecule has 0 aliphatic rings. The van der Waals surface area contributed by atoms with E-state index in [0.717, 1.165) is 23.4 Å². The molecule has 3 aromatic rings. The van der Waals surface area contributed by atoms with Gasteiger partial charge in [0.1, 0.15) is 5.75 Å². The molecule has 24 heavy (non-hydrogen) atoms. The minimum atomic E-state index is 0.0181. The Morgan fingerprint density at radius 3 is 2.79 bits per heavy atom. The van der Waals surface area contributed by atoms with Crippen LogP contribution in [0.15, 0.2) is 54.6 Å². The van der Waals surface area contributed by atoms with Crippen molar-refractivity contribution in [2.75, 3.05) is 13.2 Å². The van der Waals surface area contributed by atoms with E-state index in [-0.39, 0.29) is 5.91 Å². The SMILES string of the molecule is Cc1cc2cc(CCNC(=O)CCOc3ccccc3)ccc2[nH]1. The van der Waals surface area contributed by atoms with Gasteiger partial charge in [-0.05, 0) is 54.6 Å². The number of hydrogen-bond donors (Lipinski definition) is 2. The van der Waals surface area contributed by atoms with Crippen molar-refractivity contribution in [3.63, 3.8) is 0 Å². The van der Waals surface area contributed by atoms with Gasteiger partial charge in [-0.15, -0.1) is 0 Å². The first kappa shape index (κ1) is 16.1. The Bertz CT molecular complexity index is 809. The largest absolute Gasteiger partial charge is 0.493 e. The van der Waals surface area contributed by atoms with Gasteiger partial charge in [-0.3, -0.25) is 4.79 Å². The summed E-state index contributed by atoms with van der Waals surface area (Å²) in [6, 6.07) is 18.0. The maximum absolute atomic E-state index is 11.8. The number of aromatic nitrogens is 1. The second kappa shape index (κ2) is 7.68. The molecule has 0 bridgehead atoms. The Morgan fingerprint density at radius 2 is 1.96 bits per heavy atom. The van der Waals surface area contributed by atoms with Crippen LogP contribution in [0.2, 0.25) is 0 Å². The zero-order chi connectivity index (χ0) is 16.8. The Labute approximate surface area is 141 Å². The molecule has 2 N–H and O–H groups in total. The predicted octanol–water partition coefficient (Wildman–Crippen LogP) is 3.60. The van der Waals surface area contributed by atoms with E-state index < -0.39 is 0 Å². The van der Waals surface area contributed by atoms with E-state index in [0.29, 0.717) is 19.6 Å². The highest BCUT2D eigenvalue weighted by molar-refractivity contribution is 5.81. The molecule has 0 fully saturated rings. The summed E-state index contributed by atoms with van der Waals surface area (Å²) in [5.41, 5.74) is 3.54. The molecule has 0 unspecified atom stereocenters. The number of benzene rings is 2. The third-order valence-electron chi connectivity index (χ3n) is 3.90. The fourth-order valence-electron chi connectivity index (χ4n) is 2.70. The number of carbonyl (C=O) groups is 1. The number of rotatable bonds is 7. The third-order valence-corrected chi connectivity index (χ3v) is 3.90. The van der Waals surface area contributed by atoms with Gasteiger partial charge < -0.3 is 15.0 Å². The fraction of sp³-hybridized carbons (Fsp3) is 0.250. The van der Waals surface area contributed by atoms with Crippen molar-refractivity contribution >= 4 is 16.8 Å². The van der Waals surface area contributed by atoms with Crippen molar-refractivity contribution in [2.24, 2.45) is 0 Å². The number of ether oxygens (including phenoxy) is 1. The number of hydrogen-bond acceptors (Lipinski definition) is 2. The van der Waals surface area contributed by atoms with Crippen molar-refractivity contribution in [2.45, 2.75) is 19.8 Å². The van der Waals surface area contributed by atoms with Crippen LogP contribution < -0.4 is 10.1 Å². The van der Waals surface area contributed by atoms with Crippen molar-refractivity contribution in [3.05, 3.63) is 65.9 Å². The Kier molecular flexibility index (Phi) is 5.16. The number of para-hydroxylation sites is 1. The zero-order valence-corrected chi connectivity index (χ0v) is 13.8. The van der Waals surface area contributed by atoms with Crippen molar-refractivity contribution in [1.82, 2.24) is 10.3 Å². The Hall–Kier alpha value is -2.75. The highest BCUT2D eigenvalue weighted by Gasteiger charge is 2.03. The number of aryl methyl sites for hydroxylation is 1. The number of carbonyl (C=O) groups excluding carboxylic acids is 1. The Balaban J connectivity index is 1.39. The van der Waals surface area contributed by atoms with Crippen molar-refractivity contribution < 1.29 is 9.53 Å². The van der Waals surface area contributed by atoms with E-state index in [1.165, 1.54) is 10.9 Å². The van der Waals surface area contributed by atoms with Crippen LogP contribution in [0.3, 0.4) is 0 Å². The first-order valence-corrected chi connectivity index (χ1v) is 8.23. The molecule has 0 saturated carbocycles. The lowest BCUT2D eigenvalue weighted by molar-refractivity contribution is -0.121. The average Bonchev–Trinajstić information content (AvgIpc) is 2.95. The summed E-state index contributed by atoms with van der Waals surface area (Å²) in [6.07, 6.45) is 1.19. The van der Waals surface area contributed by atoms with Gasteiger partial charge in [0.2, 0.25) is 5.91 Å². The van der Waals surface area contributed by atoms with Crippen molar-refractivity contribution in [1.29, 1.82) is 0 Å². The van der Waals surface area contributed by atoms with E-state index in [1.54, 1.807) is 0 Å². The molecule has 1 aromatic heterocycles. The van der Waals surface area contributed by atoms with Crippen LogP contribution in [-0.4, -0.2) is 24.0 Å². The van der Waals surface area contributed by atoms with Crippen LogP contribution in [0.5, 0.6) is 5.75 Å². The summed E-state index contributed by atoms with van der Waals surface area (Å²) in [5.74, 6) is 0.810. The number of fused-ring (bicyclic) bond motifs is 1. The minimum absolute atomic E-state index is 0.0181. The van der Waals surface area contributed by atoms with E-state index >= 15 is 0 Å². The molecule has 2 aromatic carbocycles. The molecule has 0 aliphatic carbocycles. The van der Waals surface area contributed by atoms with Gasteiger partial charge in [0.15, 0.2) is 0 Å². The van der Waals surface area contributed by atoms with Gasteiger partial charge in [0, 0.05) is 17.8 Å². The van der Waals surface area contributed by atoms with Crippen LogP contribution in [0.1, 0.15) is 17.7 Å². The molecule has 0 radical (unpaired) electrons. The Morgan fingerprint density at radius 1 is 1.12 bits per heavy atom. The van der Waals surface area contributed by atoms with Gasteiger partial charge >= 0.3 is 0 Å². The topological polar surface area (TPSA) is 54.1 Å². The summed E-state index contributed by atoms with van der Waals surface area (Å²) in [5, 5.41) is 4.16. The van der Waals surface area contributed by atoms with Crippen LogP contribution in [0.25, 0.3) is 10.9 Å². The van der Waals surface area contributed by atoms with Crippen molar-refractivity contribution in [3.8, 4) is 5.75 Å². The molecular formula is C20H22N2O2. The van der Waals surface area contributed by atoms with Gasteiger partial charge in [0.25, 0.3) is 0 Å². The molecule has 0 spiro atoms. The second-order valence-corrected chi connectivity index (χ2v) is 5.89. The summed E-state index contributed by atoms with van der Waals surface area (Å²) in [4.78, 5) is 15.2. The van der Waals surface area contributed by atoms with Gasteiger partial charge in [-0.1, -0.05) is 24.3 Å². The second-order valence-electron chi connectivity index (χ2n) is 5.89. The highest BCUT2D eigenvalue weighted by atomic mass is 16.5. The molecule has 124 valence electrons. The lowest BCUT2D eigenvalue weighted by Gasteiger charge is -2.07. The van der Waals surface area contributed by atoms with Gasteiger partial charge in [0.05, 0.1) is 13.0 Å². The van der Waals surface area contributed by atoms with E-state index in [9.17, 15) is 4.79 Å². The molecule has 0 atom stereocenters. The third kappa shape index (κ3) is 4.38. The maximum Gasteiger partial charge on any atom is 0.223 e. The maximum atomic E-state index is 11.8. The molecular weight excluding hydrogens is 300 g/mol. The molecule has 3 rings (SSSR count). The molecule has 4 nitrogen and oxygen atoms in total. The number of H-pyrrole nitrogens is 1. The number of amides is 1. The normalized spacial score (nSPS) is 10.7. The molecule has 1 amide bonds. The molecule has 0 saturated heterocycles. The average molecular weight is 322 g/mol. The zero-order valence-electron chi connectivity index (χ0n) is 13.8. The molecule has 0 aliphatic heterocycles. The van der Waals surface area contributed by atoms with E-state index in [4.69, 9.17) is 4.74 Å². The van der Waals surface area contributed by atoms with Crippen LogP contribution >= 0.6 is 0 Å². The molecule has 1 heterocycles. The van der Waals surface area contributed by atoms with Crippen LogP contribution in [-0.2, 0) is 11.2 Å². The molecule has 4 heteroatoms. The minimum Gasteiger partial charge on any atom is -0.493 e. The summed E-state index contributed by atoms with van der Waals surface area (Å²) in [6.45, 7) is 3.08. The van der Waals surface area contributed by atoms with E-state index in [1.807, 2.05) is 30.3 Å². The standard InChI is InChI=1S/C20H22N2O2/c1-15-13-17-14-16(7-8-19(17)22-15)9-11-21-20(23)10-12-24-18-5-3-2-4-6-18/h2-8,13-14,22H,9-12H2,1H3,(H,21,23). The highest BCUT2D eigenvalue weighted by Crippen LogP contribution is 2.17. The number of nitrogens with one attached hydrogen (secondary N) is 2.